The maximum absolute atomic E-state index is 14.9. The van der Waals surface area contributed by atoms with Gasteiger partial charge in [0.15, 0.2) is 11.5 Å². The minimum Gasteiger partial charge on any atom is -0.371 e. The summed E-state index contributed by atoms with van der Waals surface area (Å²) in [6.07, 6.45) is 1.43. The summed E-state index contributed by atoms with van der Waals surface area (Å²) in [7, 11) is 1.68. The van der Waals surface area contributed by atoms with E-state index in [0.29, 0.717) is 58.6 Å². The zero-order valence-electron chi connectivity index (χ0n) is 20.4. The SMILES string of the molecule is CNc1nc(N[C@H]2CCN(C3CC3)CC2(F)F)nn2ccc(-c3ccc4nc(C)n(CC(F)F)c4n3)c12. The number of rotatable bonds is 7. The summed E-state index contributed by atoms with van der Waals surface area (Å²) in [5.41, 5.74) is 2.68. The number of nitrogens with zero attached hydrogens (tertiary/aromatic N) is 7. The third-order valence-corrected chi connectivity index (χ3v) is 7.12. The van der Waals surface area contributed by atoms with Crippen molar-refractivity contribution < 1.29 is 17.6 Å². The Morgan fingerprint density at radius 1 is 1.11 bits per heavy atom. The third kappa shape index (κ3) is 4.34. The van der Waals surface area contributed by atoms with Crippen LogP contribution in [0.4, 0.5) is 29.3 Å². The van der Waals surface area contributed by atoms with E-state index >= 15 is 0 Å². The number of piperidine rings is 1. The number of imidazole rings is 1. The van der Waals surface area contributed by atoms with Gasteiger partial charge in [-0.15, -0.1) is 5.10 Å². The van der Waals surface area contributed by atoms with E-state index in [1.807, 2.05) is 4.90 Å². The molecule has 5 heterocycles. The van der Waals surface area contributed by atoms with Crippen LogP contribution in [0.25, 0.3) is 27.9 Å². The Kier molecular flexibility index (Phi) is 5.70. The summed E-state index contributed by atoms with van der Waals surface area (Å²) in [6, 6.07) is 4.51. The van der Waals surface area contributed by atoms with Crippen LogP contribution in [0.3, 0.4) is 0 Å². The van der Waals surface area contributed by atoms with E-state index in [1.54, 1.807) is 42.9 Å². The van der Waals surface area contributed by atoms with Crippen LogP contribution in [0.2, 0.25) is 0 Å². The van der Waals surface area contributed by atoms with E-state index in [0.717, 1.165) is 12.8 Å². The second-order valence-corrected chi connectivity index (χ2v) is 9.70. The van der Waals surface area contributed by atoms with Crippen LogP contribution < -0.4 is 10.6 Å². The van der Waals surface area contributed by atoms with Gasteiger partial charge < -0.3 is 15.2 Å². The standard InChI is InChI=1S/C24H27F4N9/c1-13-30-17-6-5-16(31-22(17)36(13)11-19(25)26)15-7-10-37-20(15)21(29-2)33-23(34-37)32-18-8-9-35(14-3-4-14)12-24(18,27)28/h5-7,10,14,18-19H,3-4,8-9,11-12H2,1-2H3,(H2,29,32,33,34)/t18-/m0/s1. The van der Waals surface area contributed by atoms with Crippen LogP contribution in [0, 0.1) is 6.92 Å². The molecule has 1 atom stereocenters. The van der Waals surface area contributed by atoms with Gasteiger partial charge in [0.1, 0.15) is 16.9 Å². The summed E-state index contributed by atoms with van der Waals surface area (Å²) in [4.78, 5) is 15.3. The first-order valence-corrected chi connectivity index (χ1v) is 12.3. The lowest BCUT2D eigenvalue weighted by molar-refractivity contribution is -0.0761. The van der Waals surface area contributed by atoms with E-state index in [2.05, 4.69) is 30.7 Å². The zero-order chi connectivity index (χ0) is 25.9. The van der Waals surface area contributed by atoms with Gasteiger partial charge in [-0.3, -0.25) is 4.90 Å². The molecule has 0 unspecified atom stereocenters. The summed E-state index contributed by atoms with van der Waals surface area (Å²) < 4.78 is 59.1. The van der Waals surface area contributed by atoms with Gasteiger partial charge in [-0.05, 0) is 44.4 Å². The third-order valence-electron chi connectivity index (χ3n) is 7.12. The minimum absolute atomic E-state index is 0.0950. The molecular formula is C24H27F4N9. The first-order valence-electron chi connectivity index (χ1n) is 12.3. The number of fused-ring (bicyclic) bond motifs is 2. The number of pyridine rings is 1. The Labute approximate surface area is 209 Å². The highest BCUT2D eigenvalue weighted by molar-refractivity contribution is 5.89. The Morgan fingerprint density at radius 2 is 1.92 bits per heavy atom. The number of nitrogens with one attached hydrogen (secondary N) is 2. The van der Waals surface area contributed by atoms with E-state index in [9.17, 15) is 17.6 Å². The fourth-order valence-corrected chi connectivity index (χ4v) is 5.14. The van der Waals surface area contributed by atoms with Crippen LogP contribution in [0.15, 0.2) is 24.4 Å². The molecule has 196 valence electrons. The maximum atomic E-state index is 14.9. The lowest BCUT2D eigenvalue weighted by atomic mass is 10.0. The Morgan fingerprint density at radius 3 is 2.62 bits per heavy atom. The molecule has 1 saturated carbocycles. The van der Waals surface area contributed by atoms with Crippen LogP contribution in [0.5, 0.6) is 0 Å². The molecule has 2 N–H and O–H groups in total. The van der Waals surface area contributed by atoms with Crippen LogP contribution in [-0.4, -0.2) is 78.6 Å². The molecule has 37 heavy (non-hydrogen) atoms. The molecule has 0 spiro atoms. The molecule has 1 saturated heterocycles. The number of alkyl halides is 4. The number of aryl methyl sites for hydroxylation is 1. The van der Waals surface area contributed by atoms with Gasteiger partial charge in [0.25, 0.3) is 12.3 Å². The number of halogens is 4. The smallest absolute Gasteiger partial charge is 0.280 e. The van der Waals surface area contributed by atoms with Gasteiger partial charge in [-0.2, -0.15) is 4.98 Å². The number of hydrogen-bond acceptors (Lipinski definition) is 7. The molecule has 0 radical (unpaired) electrons. The van der Waals surface area contributed by atoms with Crippen molar-refractivity contribution in [3.8, 4) is 11.3 Å². The summed E-state index contributed by atoms with van der Waals surface area (Å²) in [5.74, 6) is -1.93. The Balaban J connectivity index is 1.33. The summed E-state index contributed by atoms with van der Waals surface area (Å²) in [5, 5.41) is 10.3. The van der Waals surface area contributed by atoms with Crippen LogP contribution >= 0.6 is 0 Å². The Hall–Kier alpha value is -3.48. The molecular weight excluding hydrogens is 490 g/mol. The molecule has 9 nitrogen and oxygen atoms in total. The van der Waals surface area contributed by atoms with Gasteiger partial charge in [-0.1, -0.05) is 0 Å². The van der Waals surface area contributed by atoms with Gasteiger partial charge in [0.05, 0.1) is 24.8 Å². The second kappa shape index (κ2) is 8.82. The molecule has 0 amide bonds. The average molecular weight is 518 g/mol. The highest BCUT2D eigenvalue weighted by Crippen LogP contribution is 2.36. The first kappa shape index (κ1) is 23.9. The molecule has 2 fully saturated rings. The molecule has 4 aromatic rings. The van der Waals surface area contributed by atoms with Gasteiger partial charge in [0, 0.05) is 31.4 Å². The van der Waals surface area contributed by atoms with Crippen molar-refractivity contribution >= 4 is 28.4 Å². The monoisotopic (exact) mass is 517 g/mol. The highest BCUT2D eigenvalue weighted by Gasteiger charge is 2.48. The minimum atomic E-state index is -2.90. The van der Waals surface area contributed by atoms with Gasteiger partial charge >= 0.3 is 0 Å². The van der Waals surface area contributed by atoms with Crippen molar-refractivity contribution in [2.75, 3.05) is 30.8 Å². The number of anilines is 2. The summed E-state index contributed by atoms with van der Waals surface area (Å²) >= 11 is 0. The Bertz CT molecular complexity index is 1460. The lowest BCUT2D eigenvalue weighted by Crippen LogP contribution is -2.55. The second-order valence-electron chi connectivity index (χ2n) is 9.70. The van der Waals surface area contributed by atoms with Crippen LogP contribution in [0.1, 0.15) is 25.1 Å². The predicted octanol–water partition coefficient (Wildman–Crippen LogP) is 4.04. The van der Waals surface area contributed by atoms with Crippen molar-refractivity contribution in [2.24, 2.45) is 0 Å². The summed E-state index contributed by atoms with van der Waals surface area (Å²) in [6.45, 7) is 1.51. The van der Waals surface area contributed by atoms with E-state index in [4.69, 9.17) is 0 Å². The topological polar surface area (TPSA) is 88.2 Å². The molecule has 1 aliphatic carbocycles. The molecule has 4 aromatic heterocycles. The van der Waals surface area contributed by atoms with Crippen molar-refractivity contribution in [1.29, 1.82) is 0 Å². The number of likely N-dealkylation sites (tertiary alicyclic amines) is 1. The number of aromatic nitrogens is 6. The van der Waals surface area contributed by atoms with Crippen molar-refractivity contribution in [3.63, 3.8) is 0 Å². The van der Waals surface area contributed by atoms with Crippen molar-refractivity contribution in [2.45, 2.75) is 57.2 Å². The van der Waals surface area contributed by atoms with Crippen molar-refractivity contribution in [1.82, 2.24) is 34.0 Å². The van der Waals surface area contributed by atoms with E-state index < -0.39 is 24.9 Å². The molecule has 2 aliphatic rings. The van der Waals surface area contributed by atoms with Crippen molar-refractivity contribution in [3.05, 3.63) is 30.2 Å². The maximum Gasteiger partial charge on any atom is 0.280 e. The van der Waals surface area contributed by atoms with Crippen LogP contribution in [-0.2, 0) is 6.54 Å². The normalized spacial score (nSPS) is 20.2. The van der Waals surface area contributed by atoms with Gasteiger partial charge in [-0.25, -0.2) is 32.0 Å². The molecule has 1 aliphatic heterocycles. The van der Waals surface area contributed by atoms with E-state index in [1.165, 1.54) is 4.57 Å². The molecule has 13 heteroatoms. The average Bonchev–Trinajstić information content (AvgIpc) is 3.55. The zero-order valence-corrected chi connectivity index (χ0v) is 20.4. The number of hydrogen-bond donors (Lipinski definition) is 2. The largest absolute Gasteiger partial charge is 0.371 e. The quantitative estimate of drug-likeness (QED) is 0.358. The molecule has 0 bridgehead atoms. The lowest BCUT2D eigenvalue weighted by Gasteiger charge is -2.38. The first-order chi connectivity index (χ1) is 17.7. The van der Waals surface area contributed by atoms with E-state index in [-0.39, 0.29) is 12.5 Å². The molecule has 6 rings (SSSR count). The fourth-order valence-electron chi connectivity index (χ4n) is 5.14. The molecule has 0 aromatic carbocycles. The predicted molar refractivity (Wildman–Crippen MR) is 131 cm³/mol. The van der Waals surface area contributed by atoms with Gasteiger partial charge in [0.2, 0.25) is 5.95 Å². The highest BCUT2D eigenvalue weighted by atomic mass is 19.3. The fraction of sp³-hybridized carbons (Fsp3) is 0.500.